The van der Waals surface area contributed by atoms with Gasteiger partial charge >= 0.3 is 0 Å². The second-order valence-electron chi connectivity index (χ2n) is 5.00. The fourth-order valence-corrected chi connectivity index (χ4v) is 2.25. The number of anilines is 1. The molecule has 1 rings (SSSR count). The van der Waals surface area contributed by atoms with Gasteiger partial charge in [-0.2, -0.15) is 0 Å². The van der Waals surface area contributed by atoms with Gasteiger partial charge in [-0.1, -0.05) is 20.1 Å². The van der Waals surface area contributed by atoms with E-state index in [4.69, 9.17) is 9.84 Å². The minimum atomic E-state index is -0.333. The molecule has 146 valence electrons. The minimum Gasteiger partial charge on any atom is -0.459 e. The maximum Gasteiger partial charge on any atom is 0.224 e. The summed E-state index contributed by atoms with van der Waals surface area (Å²) < 4.78 is 16.4. The van der Waals surface area contributed by atoms with E-state index in [2.05, 4.69) is 18.5 Å². The van der Waals surface area contributed by atoms with Gasteiger partial charge in [-0.15, -0.1) is 11.8 Å². The Kier molecular flexibility index (Phi) is 15.2. The highest BCUT2D eigenvalue weighted by Crippen LogP contribution is 2.37. The predicted molar refractivity (Wildman–Crippen MR) is 107 cm³/mol. The molecule has 0 aliphatic rings. The third kappa shape index (κ3) is 11.4. The number of aliphatic hydroxyl groups excluding tert-OH is 1. The largest absolute Gasteiger partial charge is 0.459 e. The highest BCUT2D eigenvalue weighted by Gasteiger charge is 2.14. The lowest BCUT2D eigenvalue weighted by molar-refractivity contribution is -0.116. The van der Waals surface area contributed by atoms with Gasteiger partial charge in [0.05, 0.1) is 22.2 Å². The first-order chi connectivity index (χ1) is 12.2. The van der Waals surface area contributed by atoms with E-state index in [-0.39, 0.29) is 11.7 Å². The molecule has 0 spiro atoms. The van der Waals surface area contributed by atoms with Gasteiger partial charge < -0.3 is 15.2 Å². The Bertz CT molecular complexity index is 614. The Morgan fingerprint density at radius 3 is 2.27 bits per heavy atom. The number of allylic oxidation sites excluding steroid dienone is 2. The van der Waals surface area contributed by atoms with Gasteiger partial charge in [0.25, 0.3) is 0 Å². The smallest absolute Gasteiger partial charge is 0.224 e. The van der Waals surface area contributed by atoms with Crippen molar-refractivity contribution in [3.63, 3.8) is 0 Å². The van der Waals surface area contributed by atoms with Crippen molar-refractivity contribution in [2.75, 3.05) is 18.7 Å². The van der Waals surface area contributed by atoms with E-state index in [1.54, 1.807) is 19.1 Å². The maximum absolute atomic E-state index is 11.8. The molecule has 26 heavy (non-hydrogen) atoms. The molecular formula is C19H28FNO4S. The second-order valence-corrected chi connectivity index (χ2v) is 5.84. The molecule has 0 aliphatic carbocycles. The van der Waals surface area contributed by atoms with Gasteiger partial charge in [0.2, 0.25) is 5.91 Å². The summed E-state index contributed by atoms with van der Waals surface area (Å²) in [5.41, 5.74) is 0.996. The number of amides is 1. The predicted octanol–water partition coefficient (Wildman–Crippen LogP) is 4.97. The highest BCUT2D eigenvalue weighted by atomic mass is 32.2. The summed E-state index contributed by atoms with van der Waals surface area (Å²) in [7, 11) is 1.00. The van der Waals surface area contributed by atoms with E-state index >= 15 is 0 Å². The van der Waals surface area contributed by atoms with Crippen molar-refractivity contribution in [3.8, 4) is 5.75 Å². The third-order valence-corrected chi connectivity index (χ3v) is 3.20. The normalized spacial score (nSPS) is 8.88. The van der Waals surface area contributed by atoms with E-state index in [1.807, 2.05) is 13.2 Å². The third-order valence-electron chi connectivity index (χ3n) is 2.46. The van der Waals surface area contributed by atoms with Crippen molar-refractivity contribution in [2.45, 2.75) is 38.5 Å². The summed E-state index contributed by atoms with van der Waals surface area (Å²) in [4.78, 5) is 23.5. The van der Waals surface area contributed by atoms with Crippen molar-refractivity contribution in [3.05, 3.63) is 42.4 Å². The lowest BCUT2D eigenvalue weighted by Crippen LogP contribution is -2.12. The molecule has 7 heteroatoms. The Hall–Kier alpha value is -2.12. The number of halogens is 1. The van der Waals surface area contributed by atoms with Crippen LogP contribution in [-0.2, 0) is 4.79 Å². The van der Waals surface area contributed by atoms with Crippen LogP contribution in [0.15, 0.2) is 41.8 Å². The molecule has 2 N–H and O–H groups in total. The average molecular weight is 386 g/mol. The zero-order valence-electron chi connectivity index (χ0n) is 16.0. The average Bonchev–Trinajstić information content (AvgIpc) is 2.57. The molecule has 5 nitrogen and oxygen atoms in total. The summed E-state index contributed by atoms with van der Waals surface area (Å²) in [6, 6.07) is 3.34. The van der Waals surface area contributed by atoms with E-state index in [0.717, 1.165) is 24.7 Å². The number of rotatable bonds is 7. The van der Waals surface area contributed by atoms with Crippen LogP contribution in [0.5, 0.6) is 5.75 Å². The summed E-state index contributed by atoms with van der Waals surface area (Å²) in [5.74, 6) is 0.611. The first kappa shape index (κ1) is 26.1. The number of hydrogen-bond donors (Lipinski definition) is 2. The van der Waals surface area contributed by atoms with Crippen LogP contribution >= 0.6 is 11.8 Å². The molecule has 0 saturated carbocycles. The standard InChI is InChI=1S/C15H19NO3S.C3H5F.CH4O/c1-5-6-14(18)16-12-7-11(9-17)8-13(20-4)15(12)19-10(2)3;1-3(2)4;1-2/h7-9H,2,5-6H2,1,3-4H3,(H,16,18);1H2,2H3;2H,1H3. The fourth-order valence-electron chi connectivity index (χ4n) is 1.66. The highest BCUT2D eigenvalue weighted by molar-refractivity contribution is 7.98. The number of hydrogen-bond acceptors (Lipinski definition) is 5. The SMILES string of the molecule is C=C(C)F.C=C(C)Oc1c(NC(=O)CCC)cc(C=O)cc1SC.CO. The van der Waals surface area contributed by atoms with Gasteiger partial charge in [-0.3, -0.25) is 9.59 Å². The zero-order valence-corrected chi connectivity index (χ0v) is 16.8. The molecule has 0 atom stereocenters. The Morgan fingerprint density at radius 1 is 1.35 bits per heavy atom. The molecule has 0 heterocycles. The monoisotopic (exact) mass is 385 g/mol. The molecule has 0 unspecified atom stereocenters. The number of ether oxygens (including phenoxy) is 1. The number of benzene rings is 1. The Morgan fingerprint density at radius 2 is 1.88 bits per heavy atom. The molecule has 1 aromatic carbocycles. The minimum absolute atomic E-state index is 0.103. The maximum atomic E-state index is 11.8. The van der Waals surface area contributed by atoms with Crippen molar-refractivity contribution >= 4 is 29.6 Å². The zero-order chi connectivity index (χ0) is 20.7. The summed E-state index contributed by atoms with van der Waals surface area (Å²) in [6.07, 6.45) is 3.81. The second kappa shape index (κ2) is 15.2. The molecule has 1 amide bonds. The Labute approximate surface area is 159 Å². The number of carbonyl (C=O) groups excluding carboxylic acids is 2. The van der Waals surface area contributed by atoms with Crippen LogP contribution in [0, 0.1) is 0 Å². The van der Waals surface area contributed by atoms with Crippen LogP contribution in [0.2, 0.25) is 0 Å². The lowest BCUT2D eigenvalue weighted by atomic mass is 10.2. The van der Waals surface area contributed by atoms with Gasteiger partial charge in [0, 0.05) is 19.1 Å². The number of nitrogens with one attached hydrogen (secondary N) is 1. The van der Waals surface area contributed by atoms with Gasteiger partial charge in [-0.05, 0) is 38.7 Å². The number of thioether (sulfide) groups is 1. The van der Waals surface area contributed by atoms with Gasteiger partial charge in [0.1, 0.15) is 6.29 Å². The summed E-state index contributed by atoms with van der Waals surface area (Å²) in [6.45, 7) is 11.6. The van der Waals surface area contributed by atoms with Crippen molar-refractivity contribution in [1.82, 2.24) is 0 Å². The van der Waals surface area contributed by atoms with Gasteiger partial charge in [-0.25, -0.2) is 4.39 Å². The van der Waals surface area contributed by atoms with E-state index in [0.29, 0.717) is 29.2 Å². The van der Waals surface area contributed by atoms with Gasteiger partial charge in [0.15, 0.2) is 5.75 Å². The molecule has 0 aliphatic heterocycles. The van der Waals surface area contributed by atoms with E-state index in [1.165, 1.54) is 18.7 Å². The molecule has 0 bridgehead atoms. The first-order valence-corrected chi connectivity index (χ1v) is 9.03. The fraction of sp³-hybridized carbons (Fsp3) is 0.368. The molecule has 0 radical (unpaired) electrons. The van der Waals surface area contributed by atoms with Crippen LogP contribution in [0.1, 0.15) is 44.0 Å². The van der Waals surface area contributed by atoms with Crippen LogP contribution in [-0.4, -0.2) is 30.7 Å². The molecule has 0 fully saturated rings. The van der Waals surface area contributed by atoms with Crippen LogP contribution in [0.3, 0.4) is 0 Å². The van der Waals surface area contributed by atoms with Crippen molar-refractivity contribution in [1.29, 1.82) is 0 Å². The van der Waals surface area contributed by atoms with Crippen LogP contribution in [0.25, 0.3) is 0 Å². The number of aliphatic hydroxyl groups is 1. The number of aldehydes is 1. The summed E-state index contributed by atoms with van der Waals surface area (Å²) in [5, 5.41) is 9.79. The topological polar surface area (TPSA) is 75.6 Å². The lowest BCUT2D eigenvalue weighted by Gasteiger charge is -2.16. The van der Waals surface area contributed by atoms with E-state index in [9.17, 15) is 14.0 Å². The molecule has 0 saturated heterocycles. The Balaban J connectivity index is 0. The van der Waals surface area contributed by atoms with E-state index < -0.39 is 0 Å². The van der Waals surface area contributed by atoms with Crippen LogP contribution < -0.4 is 10.1 Å². The summed E-state index contributed by atoms with van der Waals surface area (Å²) >= 11 is 1.45. The quantitative estimate of drug-likeness (QED) is 0.394. The van der Waals surface area contributed by atoms with Crippen LogP contribution in [0.4, 0.5) is 10.1 Å². The van der Waals surface area contributed by atoms with Crippen molar-refractivity contribution < 1.29 is 23.8 Å². The first-order valence-electron chi connectivity index (χ1n) is 7.81. The molecular weight excluding hydrogens is 357 g/mol. The molecule has 1 aromatic rings. The van der Waals surface area contributed by atoms with Crippen molar-refractivity contribution in [2.24, 2.45) is 0 Å². The molecule has 0 aromatic heterocycles. The number of carbonyl (C=O) groups is 2.